The number of hydrogen-bond donors (Lipinski definition) is 0. The van der Waals surface area contributed by atoms with Crippen molar-refractivity contribution in [2.45, 2.75) is 52.4 Å². The normalized spacial score (nSPS) is 12.2. The topological polar surface area (TPSA) is 20.3 Å². The first-order valence-electron chi connectivity index (χ1n) is 7.54. The van der Waals surface area contributed by atoms with Crippen LogP contribution in [-0.4, -0.2) is 23.9 Å². The fraction of sp³-hybridized carbons (Fsp3) is 0.588. The second-order valence-electron chi connectivity index (χ2n) is 5.16. The van der Waals surface area contributed by atoms with Gasteiger partial charge in [0, 0.05) is 13.1 Å². The second-order valence-corrected chi connectivity index (χ2v) is 5.16. The van der Waals surface area contributed by atoms with Gasteiger partial charge >= 0.3 is 0 Å². The van der Waals surface area contributed by atoms with Gasteiger partial charge in [-0.2, -0.15) is 0 Å². The molecule has 0 N–H and O–H groups in total. The summed E-state index contributed by atoms with van der Waals surface area (Å²) in [6.07, 6.45) is 4.46. The molecule has 0 aliphatic carbocycles. The molecule has 0 aliphatic rings. The van der Waals surface area contributed by atoms with E-state index in [1.54, 1.807) is 0 Å². The molecular weight excluding hydrogens is 234 g/mol. The van der Waals surface area contributed by atoms with Crippen molar-refractivity contribution in [1.29, 1.82) is 0 Å². The fourth-order valence-corrected chi connectivity index (χ4v) is 2.19. The molecule has 2 nitrogen and oxygen atoms in total. The lowest BCUT2D eigenvalue weighted by molar-refractivity contribution is -0.132. The van der Waals surface area contributed by atoms with Gasteiger partial charge in [0.1, 0.15) is 0 Å². The van der Waals surface area contributed by atoms with Crippen molar-refractivity contribution in [2.24, 2.45) is 0 Å². The number of amides is 1. The first-order chi connectivity index (χ1) is 9.20. The minimum atomic E-state index is -0.0325. The molecule has 19 heavy (non-hydrogen) atoms. The Hall–Kier alpha value is -1.31. The van der Waals surface area contributed by atoms with Crippen molar-refractivity contribution in [3.8, 4) is 0 Å². The Morgan fingerprint density at radius 3 is 2.05 bits per heavy atom. The van der Waals surface area contributed by atoms with E-state index in [1.165, 1.54) is 0 Å². The van der Waals surface area contributed by atoms with Gasteiger partial charge in [-0.15, -0.1) is 0 Å². The van der Waals surface area contributed by atoms with E-state index >= 15 is 0 Å². The summed E-state index contributed by atoms with van der Waals surface area (Å²) in [5.74, 6) is 0.239. The molecule has 1 atom stereocenters. The van der Waals surface area contributed by atoms with Crippen LogP contribution in [0.25, 0.3) is 0 Å². The van der Waals surface area contributed by atoms with Crippen LogP contribution < -0.4 is 0 Å². The van der Waals surface area contributed by atoms with Gasteiger partial charge in [0.05, 0.1) is 5.92 Å². The molecule has 106 valence electrons. The number of carbonyl (C=O) groups excluding carboxylic acids is 1. The van der Waals surface area contributed by atoms with Crippen molar-refractivity contribution in [1.82, 2.24) is 4.90 Å². The van der Waals surface area contributed by atoms with E-state index < -0.39 is 0 Å². The molecule has 2 heteroatoms. The Morgan fingerprint density at radius 1 is 1.05 bits per heavy atom. The summed E-state index contributed by atoms with van der Waals surface area (Å²) in [7, 11) is 0. The zero-order chi connectivity index (χ0) is 14.1. The molecule has 0 fully saturated rings. The Bertz CT molecular complexity index is 353. The first kappa shape index (κ1) is 15.7. The van der Waals surface area contributed by atoms with Crippen molar-refractivity contribution in [2.75, 3.05) is 13.1 Å². The number of benzene rings is 1. The number of hydrogen-bond acceptors (Lipinski definition) is 1. The third-order valence-corrected chi connectivity index (χ3v) is 3.54. The van der Waals surface area contributed by atoms with Crippen LogP contribution in [0.3, 0.4) is 0 Å². The smallest absolute Gasteiger partial charge is 0.229 e. The molecule has 1 amide bonds. The Kier molecular flexibility index (Phi) is 7.24. The van der Waals surface area contributed by atoms with Gasteiger partial charge < -0.3 is 4.90 Å². The van der Waals surface area contributed by atoms with Crippen LogP contribution >= 0.6 is 0 Å². The second kappa shape index (κ2) is 8.73. The lowest BCUT2D eigenvalue weighted by Crippen LogP contribution is -2.35. The highest BCUT2D eigenvalue weighted by atomic mass is 16.2. The van der Waals surface area contributed by atoms with Crippen LogP contribution in [0.4, 0.5) is 0 Å². The van der Waals surface area contributed by atoms with Crippen LogP contribution in [0.2, 0.25) is 0 Å². The monoisotopic (exact) mass is 261 g/mol. The zero-order valence-electron chi connectivity index (χ0n) is 12.6. The van der Waals surface area contributed by atoms with Crippen LogP contribution in [0, 0.1) is 0 Å². The predicted molar refractivity (Wildman–Crippen MR) is 81.3 cm³/mol. The molecule has 0 heterocycles. The molecule has 0 aromatic heterocycles. The van der Waals surface area contributed by atoms with Crippen LogP contribution in [-0.2, 0) is 4.79 Å². The minimum Gasteiger partial charge on any atom is -0.342 e. The molecule has 1 rings (SSSR count). The average molecular weight is 261 g/mol. The van der Waals surface area contributed by atoms with E-state index in [0.717, 1.165) is 44.3 Å². The first-order valence-corrected chi connectivity index (χ1v) is 7.54. The maximum atomic E-state index is 12.6. The maximum Gasteiger partial charge on any atom is 0.229 e. The molecule has 0 radical (unpaired) electrons. The SMILES string of the molecule is CCCCN(CCCC)C(=O)C(C)c1ccccc1. The van der Waals surface area contributed by atoms with Gasteiger partial charge in [0.25, 0.3) is 0 Å². The van der Waals surface area contributed by atoms with E-state index in [0.29, 0.717) is 0 Å². The van der Waals surface area contributed by atoms with Crippen molar-refractivity contribution < 1.29 is 4.79 Å². The number of carbonyl (C=O) groups is 1. The standard InChI is InChI=1S/C17H27NO/c1-4-6-13-18(14-7-5-2)17(19)15(3)16-11-9-8-10-12-16/h8-12,15H,4-7,13-14H2,1-3H3. The van der Waals surface area contributed by atoms with Gasteiger partial charge in [-0.3, -0.25) is 4.79 Å². The summed E-state index contributed by atoms with van der Waals surface area (Å²) in [4.78, 5) is 14.6. The quantitative estimate of drug-likeness (QED) is 0.686. The van der Waals surface area contributed by atoms with E-state index in [-0.39, 0.29) is 11.8 Å². The van der Waals surface area contributed by atoms with E-state index in [9.17, 15) is 4.79 Å². The molecule has 0 saturated carbocycles. The molecule has 0 bridgehead atoms. The van der Waals surface area contributed by atoms with Gasteiger partial charge in [0.2, 0.25) is 5.91 Å². The predicted octanol–water partition coefficient (Wildman–Crippen LogP) is 4.22. The van der Waals surface area contributed by atoms with Gasteiger partial charge in [-0.1, -0.05) is 57.0 Å². The van der Waals surface area contributed by atoms with E-state index in [1.807, 2.05) is 42.2 Å². The molecule has 1 unspecified atom stereocenters. The largest absolute Gasteiger partial charge is 0.342 e. The third kappa shape index (κ3) is 5.06. The lowest BCUT2D eigenvalue weighted by Gasteiger charge is -2.26. The van der Waals surface area contributed by atoms with Crippen molar-refractivity contribution >= 4 is 5.91 Å². The zero-order valence-corrected chi connectivity index (χ0v) is 12.6. The molecule has 0 spiro atoms. The summed E-state index contributed by atoms with van der Waals surface area (Å²) in [6, 6.07) is 10.1. The minimum absolute atomic E-state index is 0.0325. The Morgan fingerprint density at radius 2 is 1.58 bits per heavy atom. The van der Waals surface area contributed by atoms with Crippen LogP contribution in [0.15, 0.2) is 30.3 Å². The summed E-state index contributed by atoms with van der Waals surface area (Å²) in [6.45, 7) is 8.15. The third-order valence-electron chi connectivity index (χ3n) is 3.54. The number of nitrogens with zero attached hydrogens (tertiary/aromatic N) is 1. The molecular formula is C17H27NO. The number of rotatable bonds is 8. The maximum absolute atomic E-state index is 12.6. The van der Waals surface area contributed by atoms with E-state index in [4.69, 9.17) is 0 Å². The average Bonchev–Trinajstić information content (AvgIpc) is 2.47. The van der Waals surface area contributed by atoms with Crippen molar-refractivity contribution in [3.63, 3.8) is 0 Å². The van der Waals surface area contributed by atoms with E-state index in [2.05, 4.69) is 13.8 Å². The van der Waals surface area contributed by atoms with Crippen LogP contribution in [0.5, 0.6) is 0 Å². The Balaban J connectivity index is 2.68. The van der Waals surface area contributed by atoms with Gasteiger partial charge in [-0.05, 0) is 25.3 Å². The lowest BCUT2D eigenvalue weighted by atomic mass is 9.99. The number of unbranched alkanes of at least 4 members (excludes halogenated alkanes) is 2. The van der Waals surface area contributed by atoms with Crippen LogP contribution in [0.1, 0.15) is 57.9 Å². The fourth-order valence-electron chi connectivity index (χ4n) is 2.19. The highest BCUT2D eigenvalue weighted by molar-refractivity contribution is 5.83. The Labute approximate surface area is 117 Å². The highest BCUT2D eigenvalue weighted by Crippen LogP contribution is 2.18. The molecule has 1 aromatic rings. The summed E-state index contributed by atoms with van der Waals surface area (Å²) >= 11 is 0. The van der Waals surface area contributed by atoms with Gasteiger partial charge in [-0.25, -0.2) is 0 Å². The summed E-state index contributed by atoms with van der Waals surface area (Å²) < 4.78 is 0. The molecule has 0 aliphatic heterocycles. The molecule has 0 saturated heterocycles. The van der Waals surface area contributed by atoms with Gasteiger partial charge in [0.15, 0.2) is 0 Å². The highest BCUT2D eigenvalue weighted by Gasteiger charge is 2.20. The van der Waals surface area contributed by atoms with Crippen molar-refractivity contribution in [3.05, 3.63) is 35.9 Å². The summed E-state index contributed by atoms with van der Waals surface area (Å²) in [5.41, 5.74) is 1.12. The molecule has 1 aromatic carbocycles. The summed E-state index contributed by atoms with van der Waals surface area (Å²) in [5, 5.41) is 0.